The van der Waals surface area contributed by atoms with Crippen LogP contribution >= 0.6 is 34.8 Å². The second-order valence-corrected chi connectivity index (χ2v) is 5.62. The van der Waals surface area contributed by atoms with E-state index in [0.29, 0.717) is 5.02 Å². The Bertz CT molecular complexity index is 389. The van der Waals surface area contributed by atoms with Gasteiger partial charge in [-0.15, -0.1) is 0 Å². The van der Waals surface area contributed by atoms with Crippen molar-refractivity contribution in [1.82, 2.24) is 0 Å². The molecule has 1 atom stereocenters. The van der Waals surface area contributed by atoms with Crippen molar-refractivity contribution in [1.29, 1.82) is 0 Å². The molecule has 0 aliphatic carbocycles. The summed E-state index contributed by atoms with van der Waals surface area (Å²) >= 11 is 16.8. The Kier molecular flexibility index (Phi) is 5.07. The van der Waals surface area contributed by atoms with Crippen molar-refractivity contribution in [3.05, 3.63) is 34.9 Å². The first-order valence-electron chi connectivity index (χ1n) is 4.85. The number of benzene rings is 1. The summed E-state index contributed by atoms with van der Waals surface area (Å²) in [5.74, 6) is -1.36. The largest absolute Gasteiger partial charge is 0.479 e. The van der Waals surface area contributed by atoms with Gasteiger partial charge in [0.25, 0.3) is 0 Å². The molecular formula is C11H11Cl3O3. The highest BCUT2D eigenvalue weighted by Crippen LogP contribution is 2.28. The number of aliphatic hydroxyl groups is 1. The van der Waals surface area contributed by atoms with Gasteiger partial charge in [-0.1, -0.05) is 46.9 Å². The zero-order valence-electron chi connectivity index (χ0n) is 8.74. The lowest BCUT2D eigenvalue weighted by Crippen LogP contribution is -2.31. The average Bonchev–Trinajstić information content (AvgIpc) is 2.20. The number of halogens is 3. The van der Waals surface area contributed by atoms with Gasteiger partial charge in [0.1, 0.15) is 0 Å². The van der Waals surface area contributed by atoms with E-state index in [4.69, 9.17) is 39.9 Å². The van der Waals surface area contributed by atoms with E-state index in [2.05, 4.69) is 0 Å². The Balaban J connectivity index is 2.58. The van der Waals surface area contributed by atoms with Gasteiger partial charge in [0.05, 0.1) is 6.10 Å². The lowest BCUT2D eigenvalue weighted by molar-refractivity contribution is -0.138. The first-order valence-corrected chi connectivity index (χ1v) is 5.98. The van der Waals surface area contributed by atoms with E-state index in [9.17, 15) is 9.90 Å². The lowest BCUT2D eigenvalue weighted by atomic mass is 10.0. The molecule has 0 spiro atoms. The van der Waals surface area contributed by atoms with Crippen LogP contribution < -0.4 is 0 Å². The summed E-state index contributed by atoms with van der Waals surface area (Å²) in [7, 11) is 0. The minimum absolute atomic E-state index is 0.242. The third-order valence-corrected chi connectivity index (χ3v) is 3.07. The molecule has 1 unspecified atom stereocenters. The third-order valence-electron chi connectivity index (χ3n) is 2.19. The summed E-state index contributed by atoms with van der Waals surface area (Å²) in [4.78, 5) is 10.7. The fraction of sp³-hybridized carbons (Fsp3) is 0.364. The Morgan fingerprint density at radius 3 is 2.29 bits per heavy atom. The Morgan fingerprint density at radius 2 is 1.82 bits per heavy atom. The van der Waals surface area contributed by atoms with Crippen LogP contribution in [0.25, 0.3) is 0 Å². The number of aliphatic hydroxyl groups excluding tert-OH is 1. The molecule has 0 aromatic heterocycles. The van der Waals surface area contributed by atoms with Crippen LogP contribution in [0.5, 0.6) is 0 Å². The smallest absolute Gasteiger partial charge is 0.340 e. The van der Waals surface area contributed by atoms with Crippen LogP contribution in [0.15, 0.2) is 24.3 Å². The second kappa shape index (κ2) is 5.91. The van der Waals surface area contributed by atoms with Gasteiger partial charge in [-0.05, 0) is 24.1 Å². The monoisotopic (exact) mass is 296 g/mol. The standard InChI is InChI=1S/C11H11Cl3O3/c12-8-3-1-7(2-4-8)5-9(15)6-11(13,14)10(16)17/h1-4,9,15H,5-6H2,(H,16,17). The minimum atomic E-state index is -1.97. The van der Waals surface area contributed by atoms with Gasteiger partial charge >= 0.3 is 5.97 Å². The molecule has 0 amide bonds. The first-order chi connectivity index (χ1) is 7.81. The second-order valence-electron chi connectivity index (χ2n) is 3.70. The summed E-state index contributed by atoms with van der Waals surface area (Å²) in [6.45, 7) is 0. The predicted molar refractivity (Wildman–Crippen MR) is 67.9 cm³/mol. The topological polar surface area (TPSA) is 57.5 Å². The quantitative estimate of drug-likeness (QED) is 0.822. The van der Waals surface area contributed by atoms with Crippen LogP contribution in [-0.4, -0.2) is 26.6 Å². The van der Waals surface area contributed by atoms with Crippen molar-refractivity contribution >= 4 is 40.8 Å². The Hall–Kier alpha value is -0.480. The predicted octanol–water partition coefficient (Wildman–Crippen LogP) is 2.89. The van der Waals surface area contributed by atoms with Crippen molar-refractivity contribution in [3.63, 3.8) is 0 Å². The van der Waals surface area contributed by atoms with E-state index in [1.165, 1.54) is 0 Å². The number of carbonyl (C=O) groups is 1. The number of rotatable bonds is 5. The zero-order valence-corrected chi connectivity index (χ0v) is 11.0. The first kappa shape index (κ1) is 14.6. The molecule has 0 aliphatic rings. The maximum Gasteiger partial charge on any atom is 0.340 e. The van der Waals surface area contributed by atoms with Crippen molar-refractivity contribution in [2.75, 3.05) is 0 Å². The van der Waals surface area contributed by atoms with Crippen molar-refractivity contribution < 1.29 is 15.0 Å². The minimum Gasteiger partial charge on any atom is -0.479 e. The molecule has 0 saturated carbocycles. The van der Waals surface area contributed by atoms with Crippen LogP contribution in [-0.2, 0) is 11.2 Å². The number of carboxylic acids is 1. The van der Waals surface area contributed by atoms with Gasteiger partial charge in [-0.2, -0.15) is 0 Å². The molecule has 0 aliphatic heterocycles. The number of aliphatic carboxylic acids is 1. The molecule has 0 heterocycles. The Labute approximate surface area is 114 Å². The van der Waals surface area contributed by atoms with E-state index in [0.717, 1.165) is 5.56 Å². The molecule has 1 aromatic rings. The van der Waals surface area contributed by atoms with Gasteiger partial charge in [-0.25, -0.2) is 4.79 Å². The summed E-state index contributed by atoms with van der Waals surface area (Å²) < 4.78 is -1.97. The molecule has 0 bridgehead atoms. The van der Waals surface area contributed by atoms with Gasteiger partial charge in [0.15, 0.2) is 0 Å². The van der Waals surface area contributed by atoms with E-state index >= 15 is 0 Å². The van der Waals surface area contributed by atoms with E-state index in [1.807, 2.05) is 0 Å². The molecule has 0 saturated heterocycles. The van der Waals surface area contributed by atoms with E-state index in [-0.39, 0.29) is 12.8 Å². The van der Waals surface area contributed by atoms with E-state index < -0.39 is 16.4 Å². The molecule has 0 radical (unpaired) electrons. The summed E-state index contributed by atoms with van der Waals surface area (Å²) in [6, 6.07) is 6.87. The molecule has 94 valence electrons. The Morgan fingerprint density at radius 1 is 1.29 bits per heavy atom. The molecule has 3 nitrogen and oxygen atoms in total. The molecule has 1 aromatic carbocycles. The highest BCUT2D eigenvalue weighted by atomic mass is 35.5. The highest BCUT2D eigenvalue weighted by molar-refractivity contribution is 6.57. The SMILES string of the molecule is O=C(O)C(Cl)(Cl)CC(O)Cc1ccc(Cl)cc1. The zero-order chi connectivity index (χ0) is 13.1. The number of hydrogen-bond donors (Lipinski definition) is 2. The molecule has 6 heteroatoms. The van der Waals surface area contributed by atoms with Gasteiger partial charge in [0, 0.05) is 11.4 Å². The van der Waals surface area contributed by atoms with Crippen LogP contribution in [0.3, 0.4) is 0 Å². The van der Waals surface area contributed by atoms with Crippen LogP contribution in [0.1, 0.15) is 12.0 Å². The molecule has 0 fully saturated rings. The highest BCUT2D eigenvalue weighted by Gasteiger charge is 2.35. The van der Waals surface area contributed by atoms with Gasteiger partial charge in [0.2, 0.25) is 4.33 Å². The summed E-state index contributed by atoms with van der Waals surface area (Å²) in [5.41, 5.74) is 0.830. The fourth-order valence-electron chi connectivity index (χ4n) is 1.35. The molecule has 17 heavy (non-hydrogen) atoms. The number of alkyl halides is 2. The number of hydrogen-bond acceptors (Lipinski definition) is 2. The molecule has 2 N–H and O–H groups in total. The van der Waals surface area contributed by atoms with Crippen molar-refractivity contribution in [3.8, 4) is 0 Å². The normalized spacial score (nSPS) is 13.4. The van der Waals surface area contributed by atoms with Crippen LogP contribution in [0.4, 0.5) is 0 Å². The van der Waals surface area contributed by atoms with Crippen LogP contribution in [0.2, 0.25) is 5.02 Å². The van der Waals surface area contributed by atoms with Gasteiger partial charge in [-0.3, -0.25) is 0 Å². The molecular weight excluding hydrogens is 286 g/mol. The summed E-state index contributed by atoms with van der Waals surface area (Å²) in [6.07, 6.45) is -0.901. The fourth-order valence-corrected chi connectivity index (χ4v) is 1.83. The van der Waals surface area contributed by atoms with E-state index in [1.54, 1.807) is 24.3 Å². The van der Waals surface area contributed by atoms with Crippen LogP contribution in [0, 0.1) is 0 Å². The summed E-state index contributed by atoms with van der Waals surface area (Å²) in [5, 5.41) is 19.0. The lowest BCUT2D eigenvalue weighted by Gasteiger charge is -2.18. The van der Waals surface area contributed by atoms with Gasteiger partial charge < -0.3 is 10.2 Å². The maximum absolute atomic E-state index is 10.7. The van der Waals surface area contributed by atoms with Crippen molar-refractivity contribution in [2.45, 2.75) is 23.3 Å². The third kappa shape index (κ3) is 4.72. The van der Waals surface area contributed by atoms with Crippen molar-refractivity contribution in [2.24, 2.45) is 0 Å². The number of carboxylic acid groups (broad SMARTS) is 1. The molecule has 1 rings (SSSR count). The average molecular weight is 298 g/mol. The maximum atomic E-state index is 10.7.